The summed E-state index contributed by atoms with van der Waals surface area (Å²) in [6.45, 7) is 10.6. The highest BCUT2D eigenvalue weighted by Crippen LogP contribution is 2.37. The number of aromatic nitrogens is 1. The van der Waals surface area contributed by atoms with E-state index in [1.165, 1.54) is 4.90 Å². The molecule has 0 aliphatic carbocycles. The minimum atomic E-state index is -0.449. The Hall–Kier alpha value is -2.86. The fourth-order valence-electron chi connectivity index (χ4n) is 3.78. The maximum absolute atomic E-state index is 13.2. The van der Waals surface area contributed by atoms with Gasteiger partial charge in [-0.2, -0.15) is 0 Å². The number of aryl methyl sites for hydroxylation is 2. The summed E-state index contributed by atoms with van der Waals surface area (Å²) in [4.78, 5) is 30.5. The molecule has 0 radical (unpaired) electrons. The van der Waals surface area contributed by atoms with E-state index in [-0.39, 0.29) is 17.4 Å². The van der Waals surface area contributed by atoms with E-state index in [0.29, 0.717) is 17.8 Å². The van der Waals surface area contributed by atoms with Crippen LogP contribution in [-0.2, 0) is 4.79 Å². The minimum Gasteiger partial charge on any atom is -0.359 e. The summed E-state index contributed by atoms with van der Waals surface area (Å²) in [6.07, 6.45) is 2.59. The van der Waals surface area contributed by atoms with E-state index < -0.39 is 6.03 Å². The highest BCUT2D eigenvalue weighted by Gasteiger charge is 2.36. The molecule has 2 heterocycles. The van der Waals surface area contributed by atoms with Gasteiger partial charge in [-0.3, -0.25) is 4.79 Å². The van der Waals surface area contributed by atoms with Crippen molar-refractivity contribution in [3.63, 3.8) is 0 Å². The summed E-state index contributed by atoms with van der Waals surface area (Å²) in [5.74, 6) is -0.334. The number of nitrogens with two attached hydrogens (primary N) is 1. The lowest BCUT2D eigenvalue weighted by molar-refractivity contribution is -0.112. The molecule has 1 atom stereocenters. The number of rotatable bonds is 4. The number of hydrogen-bond donors (Lipinski definition) is 3. The summed E-state index contributed by atoms with van der Waals surface area (Å²) in [7, 11) is 0. The second-order valence-corrected chi connectivity index (χ2v) is 8.98. The first-order valence-electron chi connectivity index (χ1n) is 9.92. The number of aromatic amines is 1. The lowest BCUT2D eigenvalue weighted by Crippen LogP contribution is -2.46. The zero-order chi connectivity index (χ0) is 21.3. The Bertz CT molecular complexity index is 965. The van der Waals surface area contributed by atoms with Crippen molar-refractivity contribution in [3.05, 3.63) is 52.8 Å². The first kappa shape index (κ1) is 20.9. The van der Waals surface area contributed by atoms with E-state index in [2.05, 4.69) is 31.1 Å². The average Bonchev–Trinajstić information content (AvgIpc) is 3.08. The Kier molecular flexibility index (Phi) is 5.66. The molecule has 154 valence electrons. The number of urea groups is 1. The van der Waals surface area contributed by atoms with Crippen LogP contribution in [0.1, 0.15) is 49.7 Å². The van der Waals surface area contributed by atoms with Crippen molar-refractivity contribution in [3.8, 4) is 0 Å². The van der Waals surface area contributed by atoms with Crippen LogP contribution in [0.4, 0.5) is 10.5 Å². The lowest BCUT2D eigenvalue weighted by atomic mass is 9.88. The first-order valence-corrected chi connectivity index (χ1v) is 9.92. The largest absolute Gasteiger partial charge is 0.359 e. The normalized spacial score (nSPS) is 16.3. The van der Waals surface area contributed by atoms with Gasteiger partial charge in [-0.1, -0.05) is 39.0 Å². The Labute approximate surface area is 172 Å². The van der Waals surface area contributed by atoms with Gasteiger partial charge in [0.2, 0.25) is 0 Å². The second-order valence-electron chi connectivity index (χ2n) is 8.98. The Morgan fingerprint density at radius 1 is 1.28 bits per heavy atom. The average molecular weight is 395 g/mol. The van der Waals surface area contributed by atoms with E-state index in [4.69, 9.17) is 5.73 Å². The zero-order valence-corrected chi connectivity index (χ0v) is 17.8. The quantitative estimate of drug-likeness (QED) is 0.685. The first-order chi connectivity index (χ1) is 13.6. The van der Waals surface area contributed by atoms with Crippen LogP contribution in [0.2, 0.25) is 0 Å². The van der Waals surface area contributed by atoms with Crippen molar-refractivity contribution < 1.29 is 9.59 Å². The van der Waals surface area contributed by atoms with Gasteiger partial charge in [0.25, 0.3) is 5.91 Å². The fourth-order valence-corrected chi connectivity index (χ4v) is 3.78. The maximum Gasteiger partial charge on any atom is 0.329 e. The number of para-hydroxylation sites is 1. The highest BCUT2D eigenvalue weighted by atomic mass is 16.2. The monoisotopic (exact) mass is 394 g/mol. The van der Waals surface area contributed by atoms with Crippen LogP contribution in [0.15, 0.2) is 30.3 Å². The molecule has 0 saturated carbocycles. The number of imide groups is 1. The van der Waals surface area contributed by atoms with Crippen molar-refractivity contribution in [1.29, 1.82) is 0 Å². The van der Waals surface area contributed by atoms with E-state index >= 15 is 0 Å². The molecule has 1 aromatic heterocycles. The number of hydrogen-bond acceptors (Lipinski definition) is 3. The number of anilines is 1. The van der Waals surface area contributed by atoms with Crippen molar-refractivity contribution in [1.82, 2.24) is 10.3 Å². The molecule has 3 amide bonds. The number of fused-ring (bicyclic) bond motifs is 1. The maximum atomic E-state index is 13.2. The Morgan fingerprint density at radius 3 is 2.59 bits per heavy atom. The molecule has 0 bridgehead atoms. The lowest BCUT2D eigenvalue weighted by Gasteiger charge is -2.24. The van der Waals surface area contributed by atoms with Crippen molar-refractivity contribution >= 4 is 29.3 Å². The summed E-state index contributed by atoms with van der Waals surface area (Å²) < 4.78 is 0. The van der Waals surface area contributed by atoms with E-state index in [1.807, 2.05) is 44.2 Å². The summed E-state index contributed by atoms with van der Waals surface area (Å²) in [5.41, 5.74) is 11.0. The van der Waals surface area contributed by atoms with Crippen molar-refractivity contribution in [2.45, 2.75) is 47.1 Å². The van der Waals surface area contributed by atoms with Gasteiger partial charge in [0.05, 0.1) is 11.3 Å². The van der Waals surface area contributed by atoms with Crippen molar-refractivity contribution in [2.24, 2.45) is 11.1 Å². The van der Waals surface area contributed by atoms with Gasteiger partial charge >= 0.3 is 6.03 Å². The van der Waals surface area contributed by atoms with Gasteiger partial charge in [-0.15, -0.1) is 0 Å². The molecule has 3 rings (SSSR count). The number of carbonyl (C=O) groups excluding carboxylic acids is 2. The second kappa shape index (κ2) is 7.87. The fraction of sp³-hybridized carbons (Fsp3) is 0.391. The third-order valence-electron chi connectivity index (χ3n) is 4.94. The van der Waals surface area contributed by atoms with Crippen LogP contribution in [0, 0.1) is 19.3 Å². The molecule has 6 nitrogen and oxygen atoms in total. The Balaban J connectivity index is 1.84. The molecule has 4 N–H and O–H groups in total. The molecular weight excluding hydrogens is 364 g/mol. The SMILES string of the molecule is Cc1cc(C)c(/C=C2\C(=O)N(C(=O)NCC(N)CC(C)(C)C)c3ccccc32)[nH]1. The van der Waals surface area contributed by atoms with Crippen LogP contribution in [0.3, 0.4) is 0 Å². The van der Waals surface area contributed by atoms with Gasteiger partial charge < -0.3 is 16.0 Å². The number of nitrogens with one attached hydrogen (secondary N) is 2. The molecule has 1 unspecified atom stereocenters. The van der Waals surface area contributed by atoms with Gasteiger partial charge in [-0.25, -0.2) is 9.69 Å². The standard InChI is InChI=1S/C23H30N4O2/c1-14-10-15(2)26-19(14)11-18-17-8-6-7-9-20(17)27(21(18)28)22(29)25-13-16(24)12-23(3,4)5/h6-11,16,26H,12-13,24H2,1-5H3,(H,25,29)/b18-11-. The van der Waals surface area contributed by atoms with Crippen LogP contribution in [-0.4, -0.2) is 29.5 Å². The zero-order valence-electron chi connectivity index (χ0n) is 17.8. The molecular formula is C23H30N4O2. The van der Waals surface area contributed by atoms with Gasteiger partial charge in [0.1, 0.15) is 0 Å². The van der Waals surface area contributed by atoms with E-state index in [0.717, 1.165) is 28.9 Å². The third-order valence-corrected chi connectivity index (χ3v) is 4.94. The Morgan fingerprint density at radius 2 is 1.97 bits per heavy atom. The van der Waals surface area contributed by atoms with Crippen molar-refractivity contribution in [2.75, 3.05) is 11.4 Å². The summed E-state index contributed by atoms with van der Waals surface area (Å²) in [5, 5.41) is 2.82. The van der Waals surface area contributed by atoms with Crippen LogP contribution in [0.25, 0.3) is 11.6 Å². The van der Waals surface area contributed by atoms with Gasteiger partial charge in [-0.05, 0) is 49.5 Å². The van der Waals surface area contributed by atoms with Gasteiger partial charge in [0.15, 0.2) is 0 Å². The van der Waals surface area contributed by atoms with E-state index in [9.17, 15) is 9.59 Å². The third kappa shape index (κ3) is 4.59. The molecule has 1 aliphatic rings. The number of benzene rings is 1. The number of nitrogens with zero attached hydrogens (tertiary/aromatic N) is 1. The van der Waals surface area contributed by atoms with Crippen LogP contribution in [0.5, 0.6) is 0 Å². The molecule has 1 aliphatic heterocycles. The van der Waals surface area contributed by atoms with Crippen LogP contribution >= 0.6 is 0 Å². The van der Waals surface area contributed by atoms with Gasteiger partial charge in [0, 0.05) is 29.5 Å². The van der Waals surface area contributed by atoms with E-state index in [1.54, 1.807) is 6.07 Å². The topological polar surface area (TPSA) is 91.2 Å². The minimum absolute atomic E-state index is 0.0716. The molecule has 0 saturated heterocycles. The molecule has 29 heavy (non-hydrogen) atoms. The number of carbonyl (C=O) groups is 2. The predicted molar refractivity (Wildman–Crippen MR) is 118 cm³/mol. The van der Waals surface area contributed by atoms with Crippen LogP contribution < -0.4 is 16.0 Å². The molecule has 0 spiro atoms. The molecule has 2 aromatic rings. The summed E-state index contributed by atoms with van der Waals surface area (Å²) in [6, 6.07) is 8.75. The number of H-pyrrole nitrogens is 1. The summed E-state index contributed by atoms with van der Waals surface area (Å²) >= 11 is 0. The molecule has 0 fully saturated rings. The predicted octanol–water partition coefficient (Wildman–Crippen LogP) is 3.99. The highest BCUT2D eigenvalue weighted by molar-refractivity contribution is 6.41. The molecule has 1 aromatic carbocycles. The number of amides is 3. The molecule has 6 heteroatoms. The smallest absolute Gasteiger partial charge is 0.329 e.